The third-order valence-corrected chi connectivity index (χ3v) is 3.46. The van der Waals surface area contributed by atoms with E-state index >= 15 is 0 Å². The van der Waals surface area contributed by atoms with Gasteiger partial charge in [-0.1, -0.05) is 11.6 Å². The zero-order chi connectivity index (χ0) is 19.3. The molecule has 0 unspecified atom stereocenters. The maximum Gasteiger partial charge on any atom is 0.417 e. The number of nitrogens with zero attached hydrogens (tertiary/aromatic N) is 1. The molecule has 0 aliphatic carbocycles. The normalized spacial score (nSPS) is 11.6. The molecule has 2 rings (SSSR count). The summed E-state index contributed by atoms with van der Waals surface area (Å²) >= 11 is 8.74. The first-order valence-electron chi connectivity index (χ1n) is 6.78. The van der Waals surface area contributed by atoms with E-state index < -0.39 is 35.2 Å². The van der Waals surface area contributed by atoms with Crippen LogP contribution in [0.1, 0.15) is 11.3 Å². The van der Waals surface area contributed by atoms with Gasteiger partial charge < -0.3 is 14.5 Å². The van der Waals surface area contributed by atoms with Gasteiger partial charge in [0.2, 0.25) is 0 Å². The Kier molecular flexibility index (Phi) is 6.43. The minimum Gasteiger partial charge on any atom is -0.452 e. The summed E-state index contributed by atoms with van der Waals surface area (Å²) in [6.07, 6.45) is -1.70. The molecule has 0 aliphatic rings. The number of furan rings is 1. The predicted octanol–water partition coefficient (Wildman–Crippen LogP) is 4.30. The highest BCUT2D eigenvalue weighted by Gasteiger charge is 2.31. The van der Waals surface area contributed by atoms with Crippen LogP contribution >= 0.6 is 27.5 Å². The number of ether oxygens (including phenoxy) is 1. The number of amides is 1. The number of carbonyl (C=O) groups excluding carboxylic acids is 2. The lowest BCUT2D eigenvalue weighted by Crippen LogP contribution is -2.21. The van der Waals surface area contributed by atoms with Gasteiger partial charge in [0.25, 0.3) is 5.91 Å². The largest absolute Gasteiger partial charge is 0.452 e. The van der Waals surface area contributed by atoms with E-state index in [0.29, 0.717) is 22.7 Å². The van der Waals surface area contributed by atoms with Crippen LogP contribution in [0.2, 0.25) is 5.02 Å². The number of hydrogen-bond donors (Lipinski definition) is 1. The van der Waals surface area contributed by atoms with Crippen LogP contribution in [0.4, 0.5) is 19.0 Å². The molecule has 0 atom stereocenters. The zero-order valence-corrected chi connectivity index (χ0v) is 15.0. The molecule has 0 radical (unpaired) electrons. The molecule has 26 heavy (non-hydrogen) atoms. The maximum absolute atomic E-state index is 12.5. The molecule has 138 valence electrons. The zero-order valence-electron chi connectivity index (χ0n) is 12.6. The van der Waals surface area contributed by atoms with E-state index in [1.807, 2.05) is 0 Å². The number of carbonyl (C=O) groups is 2. The molecular formula is C15H9BrClF3N2O4. The lowest BCUT2D eigenvalue weighted by Gasteiger charge is -2.10. The van der Waals surface area contributed by atoms with Crippen LogP contribution in [-0.2, 0) is 20.5 Å². The number of anilines is 1. The van der Waals surface area contributed by atoms with Crippen LogP contribution < -0.4 is 5.32 Å². The van der Waals surface area contributed by atoms with Gasteiger partial charge >= 0.3 is 12.1 Å². The monoisotopic (exact) mass is 452 g/mol. The molecule has 0 saturated heterocycles. The van der Waals surface area contributed by atoms with Gasteiger partial charge in [-0.2, -0.15) is 13.2 Å². The van der Waals surface area contributed by atoms with Gasteiger partial charge in [0.1, 0.15) is 5.76 Å². The van der Waals surface area contributed by atoms with E-state index in [9.17, 15) is 22.8 Å². The SMILES string of the molecule is O=C(COC(=O)C=Cc1ccc(Br)o1)Nc1ncc(C(F)(F)F)cc1Cl. The summed E-state index contributed by atoms with van der Waals surface area (Å²) in [7, 11) is 0. The summed E-state index contributed by atoms with van der Waals surface area (Å²) in [4.78, 5) is 26.6. The maximum atomic E-state index is 12.5. The van der Waals surface area contributed by atoms with E-state index in [1.165, 1.54) is 6.08 Å². The molecule has 1 amide bonds. The van der Waals surface area contributed by atoms with E-state index in [-0.39, 0.29) is 5.82 Å². The highest BCUT2D eigenvalue weighted by atomic mass is 79.9. The Labute approximate surface area is 158 Å². The average Bonchev–Trinajstić information content (AvgIpc) is 2.97. The van der Waals surface area contributed by atoms with Crippen molar-refractivity contribution in [3.8, 4) is 0 Å². The fourth-order valence-electron chi connectivity index (χ4n) is 1.61. The Bertz CT molecular complexity index is 852. The smallest absolute Gasteiger partial charge is 0.417 e. The first-order valence-corrected chi connectivity index (χ1v) is 7.95. The van der Waals surface area contributed by atoms with E-state index in [4.69, 9.17) is 16.0 Å². The fourth-order valence-corrected chi connectivity index (χ4v) is 2.14. The first kappa shape index (κ1) is 20.0. The number of rotatable bonds is 5. The number of halogens is 5. The number of nitrogens with one attached hydrogen (secondary N) is 1. The molecule has 11 heteroatoms. The molecule has 0 spiro atoms. The lowest BCUT2D eigenvalue weighted by atomic mass is 10.3. The molecule has 0 aliphatic heterocycles. The second kappa shape index (κ2) is 8.37. The van der Waals surface area contributed by atoms with Crippen molar-refractivity contribution in [3.63, 3.8) is 0 Å². The Balaban J connectivity index is 1.87. The van der Waals surface area contributed by atoms with Gasteiger partial charge in [0.15, 0.2) is 17.1 Å². The molecule has 0 bridgehead atoms. The number of esters is 1. The standard InChI is InChI=1S/C15H9BrClF3N2O4/c16-11-3-1-9(26-11)2-4-13(24)25-7-12(23)22-14-10(17)5-8(6-21-14)15(18,19)20/h1-6H,7H2,(H,21,22,23). The summed E-state index contributed by atoms with van der Waals surface area (Å²) in [5.41, 5.74) is -1.05. The van der Waals surface area contributed by atoms with Crippen molar-refractivity contribution in [1.82, 2.24) is 4.98 Å². The van der Waals surface area contributed by atoms with Crippen LogP contribution in [0, 0.1) is 0 Å². The minimum absolute atomic E-state index is 0.281. The fraction of sp³-hybridized carbons (Fsp3) is 0.133. The van der Waals surface area contributed by atoms with Gasteiger partial charge in [-0.15, -0.1) is 0 Å². The molecule has 0 saturated carbocycles. The summed E-state index contributed by atoms with van der Waals surface area (Å²) in [6.45, 7) is -0.677. The van der Waals surface area contributed by atoms with Crippen LogP contribution in [0.15, 0.2) is 39.6 Å². The Morgan fingerprint density at radius 2 is 2.12 bits per heavy atom. The van der Waals surface area contributed by atoms with Crippen molar-refractivity contribution in [2.45, 2.75) is 6.18 Å². The third-order valence-electron chi connectivity index (χ3n) is 2.75. The van der Waals surface area contributed by atoms with Crippen LogP contribution in [0.25, 0.3) is 6.08 Å². The Morgan fingerprint density at radius 3 is 2.69 bits per heavy atom. The highest BCUT2D eigenvalue weighted by Crippen LogP contribution is 2.32. The number of hydrogen-bond acceptors (Lipinski definition) is 5. The molecule has 6 nitrogen and oxygen atoms in total. The molecule has 0 aromatic carbocycles. The van der Waals surface area contributed by atoms with Gasteiger partial charge in [-0.25, -0.2) is 9.78 Å². The van der Waals surface area contributed by atoms with Crippen LogP contribution in [0.5, 0.6) is 0 Å². The third kappa shape index (κ3) is 5.88. The minimum atomic E-state index is -4.61. The van der Waals surface area contributed by atoms with Gasteiger partial charge in [0.05, 0.1) is 10.6 Å². The molecular weight excluding hydrogens is 445 g/mol. The van der Waals surface area contributed by atoms with Gasteiger partial charge in [0, 0.05) is 12.3 Å². The highest BCUT2D eigenvalue weighted by molar-refractivity contribution is 9.10. The van der Waals surface area contributed by atoms with Crippen molar-refractivity contribution in [2.24, 2.45) is 0 Å². The first-order chi connectivity index (χ1) is 12.1. The van der Waals surface area contributed by atoms with E-state index in [1.54, 1.807) is 12.1 Å². The van der Waals surface area contributed by atoms with Gasteiger partial charge in [-0.05, 0) is 40.2 Å². The predicted molar refractivity (Wildman–Crippen MR) is 89.3 cm³/mol. The quantitative estimate of drug-likeness (QED) is 0.539. The number of alkyl halides is 3. The van der Waals surface area contributed by atoms with Crippen molar-refractivity contribution >= 4 is 51.3 Å². The molecule has 0 fully saturated rings. The average molecular weight is 454 g/mol. The molecule has 2 heterocycles. The summed E-state index contributed by atoms with van der Waals surface area (Å²) in [6, 6.07) is 3.85. The Hall–Kier alpha value is -2.33. The van der Waals surface area contributed by atoms with Crippen LogP contribution in [0.3, 0.4) is 0 Å². The number of aromatic nitrogens is 1. The summed E-state index contributed by atoms with van der Waals surface area (Å²) < 4.78 is 47.8. The summed E-state index contributed by atoms with van der Waals surface area (Å²) in [5, 5.41) is 1.75. The van der Waals surface area contributed by atoms with Crippen molar-refractivity contribution in [3.05, 3.63) is 51.5 Å². The topological polar surface area (TPSA) is 81.4 Å². The van der Waals surface area contributed by atoms with Gasteiger partial charge in [-0.3, -0.25) is 4.79 Å². The summed E-state index contributed by atoms with van der Waals surface area (Å²) in [5.74, 6) is -1.53. The lowest BCUT2D eigenvalue weighted by molar-refractivity contribution is -0.142. The second-order valence-corrected chi connectivity index (χ2v) is 5.87. The Morgan fingerprint density at radius 1 is 1.38 bits per heavy atom. The second-order valence-electron chi connectivity index (χ2n) is 4.68. The van der Waals surface area contributed by atoms with Crippen LogP contribution in [-0.4, -0.2) is 23.5 Å². The van der Waals surface area contributed by atoms with E-state index in [2.05, 4.69) is 31.0 Å². The molecule has 1 N–H and O–H groups in total. The van der Waals surface area contributed by atoms with Crippen molar-refractivity contribution in [1.29, 1.82) is 0 Å². The van der Waals surface area contributed by atoms with E-state index in [0.717, 1.165) is 6.08 Å². The van der Waals surface area contributed by atoms with Crippen molar-refractivity contribution in [2.75, 3.05) is 11.9 Å². The molecule has 2 aromatic rings. The molecule has 2 aromatic heterocycles. The number of pyridine rings is 1. The van der Waals surface area contributed by atoms with Crippen molar-refractivity contribution < 1.29 is 31.9 Å².